The van der Waals surface area contributed by atoms with Crippen molar-refractivity contribution in [1.29, 1.82) is 0 Å². The van der Waals surface area contributed by atoms with E-state index in [4.69, 9.17) is 0 Å². The Balaban J connectivity index is 1.78. The van der Waals surface area contributed by atoms with Crippen LogP contribution in [0.5, 0.6) is 0 Å². The number of piperidine rings is 1. The van der Waals surface area contributed by atoms with Crippen molar-refractivity contribution in [3.63, 3.8) is 0 Å². The number of non-ortho nitro benzene ring substituents is 1. The monoisotopic (exact) mass is 488 g/mol. The molecule has 0 bridgehead atoms. The highest BCUT2D eigenvalue weighted by molar-refractivity contribution is 7.92. The summed E-state index contributed by atoms with van der Waals surface area (Å²) in [4.78, 5) is 26.2. The molecule has 3 rings (SSSR count). The quantitative estimate of drug-likeness (QED) is 0.405. The van der Waals surface area contributed by atoms with Crippen LogP contribution >= 0.6 is 0 Å². The molecule has 34 heavy (non-hydrogen) atoms. The van der Waals surface area contributed by atoms with E-state index in [2.05, 4.69) is 16.3 Å². The van der Waals surface area contributed by atoms with Gasteiger partial charge in [0.25, 0.3) is 5.69 Å². The first-order valence-corrected chi connectivity index (χ1v) is 13.4. The number of benzene rings is 2. The normalized spacial score (nSPS) is 15.5. The zero-order valence-corrected chi connectivity index (χ0v) is 20.5. The van der Waals surface area contributed by atoms with Gasteiger partial charge in [0.2, 0.25) is 15.9 Å². The maximum Gasteiger partial charge on any atom is 0.271 e. The second kappa shape index (κ2) is 11.4. The minimum atomic E-state index is -3.88. The van der Waals surface area contributed by atoms with Crippen molar-refractivity contribution < 1.29 is 18.1 Å². The van der Waals surface area contributed by atoms with Crippen molar-refractivity contribution in [2.24, 2.45) is 0 Å². The fourth-order valence-corrected chi connectivity index (χ4v) is 5.55. The Morgan fingerprint density at radius 2 is 1.79 bits per heavy atom. The third-order valence-electron chi connectivity index (χ3n) is 6.04. The van der Waals surface area contributed by atoms with E-state index in [1.165, 1.54) is 43.5 Å². The fraction of sp³-hybridized carbons (Fsp3) is 0.458. The number of amides is 1. The molecule has 0 spiro atoms. The smallest absolute Gasteiger partial charge is 0.271 e. The van der Waals surface area contributed by atoms with Crippen LogP contribution in [0.2, 0.25) is 0 Å². The number of nitrogens with zero attached hydrogens (tertiary/aromatic N) is 3. The molecular weight excluding hydrogens is 456 g/mol. The number of nitrogens with one attached hydrogen (secondary N) is 1. The molecule has 184 valence electrons. The molecule has 1 N–H and O–H groups in total. The number of anilines is 1. The highest BCUT2D eigenvalue weighted by Crippen LogP contribution is 2.26. The zero-order valence-electron chi connectivity index (χ0n) is 19.6. The van der Waals surface area contributed by atoms with Gasteiger partial charge in [-0.2, -0.15) is 0 Å². The topological polar surface area (TPSA) is 113 Å². The molecule has 0 saturated carbocycles. The molecule has 1 atom stereocenters. The van der Waals surface area contributed by atoms with E-state index in [9.17, 15) is 23.3 Å². The molecule has 0 unspecified atom stereocenters. The van der Waals surface area contributed by atoms with E-state index in [1.807, 2.05) is 18.2 Å². The van der Waals surface area contributed by atoms with Gasteiger partial charge in [-0.1, -0.05) is 43.7 Å². The number of carbonyl (C=O) groups excluding carboxylic acids is 1. The minimum absolute atomic E-state index is 0.0872. The highest BCUT2D eigenvalue weighted by Gasteiger charge is 2.32. The maximum atomic E-state index is 13.2. The van der Waals surface area contributed by atoms with Crippen LogP contribution in [0.4, 0.5) is 11.4 Å². The summed E-state index contributed by atoms with van der Waals surface area (Å²) >= 11 is 0. The predicted octanol–water partition coefficient (Wildman–Crippen LogP) is 3.44. The summed E-state index contributed by atoms with van der Waals surface area (Å²) in [6.45, 7) is 4.92. The van der Waals surface area contributed by atoms with E-state index in [1.54, 1.807) is 6.92 Å². The van der Waals surface area contributed by atoms with Gasteiger partial charge in [-0.25, -0.2) is 8.42 Å². The summed E-state index contributed by atoms with van der Waals surface area (Å²) in [5.41, 5.74) is 1.96. The molecule has 1 fully saturated rings. The SMILES string of the molecule is CC[C@@H](C(=O)NCc1ccccc1CN1CCCCC1)N(c1cccc([N+](=O)[O-])c1)S(C)(=O)=O. The van der Waals surface area contributed by atoms with E-state index < -0.39 is 26.9 Å². The van der Waals surface area contributed by atoms with Crippen molar-refractivity contribution in [3.8, 4) is 0 Å². The lowest BCUT2D eigenvalue weighted by atomic mass is 10.0. The lowest BCUT2D eigenvalue weighted by Crippen LogP contribution is -2.49. The Morgan fingerprint density at radius 1 is 1.12 bits per heavy atom. The lowest BCUT2D eigenvalue weighted by Gasteiger charge is -2.30. The molecule has 10 heteroatoms. The number of hydrogen-bond donors (Lipinski definition) is 1. The molecule has 0 radical (unpaired) electrons. The van der Waals surface area contributed by atoms with Crippen LogP contribution < -0.4 is 9.62 Å². The second-order valence-electron chi connectivity index (χ2n) is 8.58. The summed E-state index contributed by atoms with van der Waals surface area (Å²) < 4.78 is 26.2. The summed E-state index contributed by atoms with van der Waals surface area (Å²) in [5, 5.41) is 14.1. The van der Waals surface area contributed by atoms with Gasteiger partial charge in [0.1, 0.15) is 6.04 Å². The standard InChI is InChI=1S/C24H32N4O5S/c1-3-23(27(34(2,32)33)21-12-9-13-22(16-21)28(30)31)24(29)25-17-19-10-5-6-11-20(19)18-26-14-7-4-8-15-26/h5-6,9-13,16,23H,3-4,7-8,14-15,17-18H2,1-2H3,(H,25,29)/t23-/m0/s1. The Bertz CT molecular complexity index is 1120. The van der Waals surface area contributed by atoms with Crippen molar-refractivity contribution >= 4 is 27.3 Å². The van der Waals surface area contributed by atoms with Gasteiger partial charge < -0.3 is 5.32 Å². The molecule has 2 aromatic carbocycles. The Morgan fingerprint density at radius 3 is 2.41 bits per heavy atom. The number of carbonyl (C=O) groups is 1. The van der Waals surface area contributed by atoms with Crippen LogP contribution in [-0.2, 0) is 27.9 Å². The van der Waals surface area contributed by atoms with Crippen LogP contribution in [0.15, 0.2) is 48.5 Å². The molecule has 9 nitrogen and oxygen atoms in total. The van der Waals surface area contributed by atoms with Crippen LogP contribution in [0.3, 0.4) is 0 Å². The fourth-order valence-electron chi connectivity index (χ4n) is 4.35. The average Bonchev–Trinajstić information content (AvgIpc) is 2.81. The molecule has 1 amide bonds. The van der Waals surface area contributed by atoms with E-state index >= 15 is 0 Å². The van der Waals surface area contributed by atoms with Gasteiger partial charge in [-0.3, -0.25) is 24.1 Å². The number of sulfonamides is 1. The summed E-state index contributed by atoms with van der Waals surface area (Å²) in [7, 11) is -3.88. The first-order valence-electron chi connectivity index (χ1n) is 11.5. The third-order valence-corrected chi connectivity index (χ3v) is 7.22. The van der Waals surface area contributed by atoms with E-state index in [0.717, 1.165) is 41.3 Å². The Labute approximate surface area is 201 Å². The lowest BCUT2D eigenvalue weighted by molar-refractivity contribution is -0.384. The second-order valence-corrected chi connectivity index (χ2v) is 10.4. The van der Waals surface area contributed by atoms with Crippen molar-refractivity contribution in [2.45, 2.75) is 51.7 Å². The molecular formula is C24H32N4O5S. The summed E-state index contributed by atoms with van der Waals surface area (Å²) in [6, 6.07) is 12.2. The van der Waals surface area contributed by atoms with Gasteiger partial charge >= 0.3 is 0 Å². The van der Waals surface area contributed by atoms with E-state index in [-0.39, 0.29) is 24.3 Å². The number of nitro groups is 1. The molecule has 1 saturated heterocycles. The zero-order chi connectivity index (χ0) is 24.7. The first kappa shape index (κ1) is 25.6. The number of rotatable bonds is 10. The number of nitro benzene ring substituents is 1. The van der Waals surface area contributed by atoms with Gasteiger partial charge in [0.05, 0.1) is 16.9 Å². The van der Waals surface area contributed by atoms with Crippen LogP contribution in [0.25, 0.3) is 0 Å². The van der Waals surface area contributed by atoms with Crippen molar-refractivity contribution in [1.82, 2.24) is 10.2 Å². The Kier molecular flexibility index (Phi) is 8.62. The third kappa shape index (κ3) is 6.54. The summed E-state index contributed by atoms with van der Waals surface area (Å²) in [5.74, 6) is -0.452. The molecule has 1 aliphatic heterocycles. The average molecular weight is 489 g/mol. The van der Waals surface area contributed by atoms with Crippen molar-refractivity contribution in [3.05, 3.63) is 69.8 Å². The van der Waals surface area contributed by atoms with E-state index in [0.29, 0.717) is 0 Å². The van der Waals surface area contributed by atoms with Crippen LogP contribution in [0, 0.1) is 10.1 Å². The molecule has 2 aromatic rings. The number of hydrogen-bond acceptors (Lipinski definition) is 6. The first-order chi connectivity index (χ1) is 16.2. The maximum absolute atomic E-state index is 13.2. The molecule has 1 heterocycles. The Hall–Kier alpha value is -2.98. The minimum Gasteiger partial charge on any atom is -0.350 e. The van der Waals surface area contributed by atoms with Gasteiger partial charge in [0.15, 0.2) is 0 Å². The highest BCUT2D eigenvalue weighted by atomic mass is 32.2. The van der Waals surface area contributed by atoms with Gasteiger partial charge in [-0.05, 0) is 49.5 Å². The summed E-state index contributed by atoms with van der Waals surface area (Å²) in [6.07, 6.45) is 4.84. The van der Waals surface area contributed by atoms with Gasteiger partial charge in [-0.15, -0.1) is 0 Å². The van der Waals surface area contributed by atoms with Crippen molar-refractivity contribution in [2.75, 3.05) is 23.7 Å². The van der Waals surface area contributed by atoms with Crippen LogP contribution in [-0.4, -0.2) is 49.5 Å². The molecule has 1 aliphatic rings. The largest absolute Gasteiger partial charge is 0.350 e. The molecule has 0 aliphatic carbocycles. The van der Waals surface area contributed by atoms with Crippen LogP contribution in [0.1, 0.15) is 43.7 Å². The van der Waals surface area contributed by atoms with Gasteiger partial charge in [0, 0.05) is 25.2 Å². The molecule has 0 aromatic heterocycles. The predicted molar refractivity (Wildman–Crippen MR) is 132 cm³/mol. The number of likely N-dealkylation sites (tertiary alicyclic amines) is 1.